The van der Waals surface area contributed by atoms with E-state index in [4.69, 9.17) is 0 Å². The van der Waals surface area contributed by atoms with Gasteiger partial charge in [-0.2, -0.15) is 4.31 Å². The lowest BCUT2D eigenvalue weighted by molar-refractivity contribution is 0.271. The van der Waals surface area contributed by atoms with Crippen LogP contribution in [0.15, 0.2) is 58.6 Å². The van der Waals surface area contributed by atoms with Gasteiger partial charge >= 0.3 is 0 Å². The van der Waals surface area contributed by atoms with Gasteiger partial charge in [-0.25, -0.2) is 21.6 Å². The van der Waals surface area contributed by atoms with Gasteiger partial charge in [0.25, 0.3) is 0 Å². The summed E-state index contributed by atoms with van der Waals surface area (Å²) in [4.78, 5) is 4.15. The van der Waals surface area contributed by atoms with Crippen LogP contribution in [0.25, 0.3) is 0 Å². The summed E-state index contributed by atoms with van der Waals surface area (Å²) >= 11 is 0. The first-order valence-electron chi connectivity index (χ1n) is 8.02. The maximum Gasteiger partial charge on any atom is 0.243 e. The van der Waals surface area contributed by atoms with Crippen molar-refractivity contribution in [1.29, 1.82) is 0 Å². The highest BCUT2D eigenvalue weighted by atomic mass is 35.5. The van der Waals surface area contributed by atoms with Crippen molar-refractivity contribution >= 4 is 32.5 Å². The molecule has 2 aromatic rings. The quantitative estimate of drug-likeness (QED) is 0.721. The first-order valence-corrected chi connectivity index (χ1v) is 10.9. The van der Waals surface area contributed by atoms with E-state index in [0.717, 1.165) is 5.56 Å². The molecule has 148 valence electrons. The van der Waals surface area contributed by atoms with Gasteiger partial charge in [0.05, 0.1) is 15.8 Å². The second-order valence-electron chi connectivity index (χ2n) is 5.80. The maximum atomic E-state index is 13.1. The number of pyridine rings is 1. The molecule has 0 bridgehead atoms. The Kier molecular flexibility index (Phi) is 6.95. The SMILES string of the molecule is CNS(=O)(=O)c1ccc(S(=O)(=O)N2CCNCC2c2cccnc2)cc1.Cl. The fourth-order valence-corrected chi connectivity index (χ4v) is 5.22. The number of sulfonamides is 2. The fourth-order valence-electron chi connectivity index (χ4n) is 2.87. The van der Waals surface area contributed by atoms with Crippen molar-refractivity contribution in [2.24, 2.45) is 0 Å². The van der Waals surface area contributed by atoms with Crippen molar-refractivity contribution in [2.75, 3.05) is 26.7 Å². The molecule has 27 heavy (non-hydrogen) atoms. The standard InChI is InChI=1S/C16H20N4O4S2.ClH/c1-17-25(21,22)14-4-6-15(7-5-14)26(23,24)20-10-9-19-12-16(20)13-3-2-8-18-11-13;/h2-8,11,16-17,19H,9-10,12H2,1H3;1H. The Morgan fingerprint density at radius 2 is 1.78 bits per heavy atom. The minimum Gasteiger partial charge on any atom is -0.313 e. The van der Waals surface area contributed by atoms with E-state index in [1.807, 2.05) is 6.07 Å². The van der Waals surface area contributed by atoms with Crippen molar-refractivity contribution < 1.29 is 16.8 Å². The number of aromatic nitrogens is 1. The Hall–Kier alpha value is -1.56. The molecule has 2 N–H and O–H groups in total. The van der Waals surface area contributed by atoms with E-state index in [-0.39, 0.29) is 28.2 Å². The fraction of sp³-hybridized carbons (Fsp3) is 0.312. The molecule has 0 spiro atoms. The molecule has 1 aliphatic heterocycles. The normalized spacial score (nSPS) is 18.6. The highest BCUT2D eigenvalue weighted by Gasteiger charge is 2.34. The maximum absolute atomic E-state index is 13.1. The lowest BCUT2D eigenvalue weighted by Gasteiger charge is -2.35. The molecular formula is C16H21ClN4O4S2. The smallest absolute Gasteiger partial charge is 0.243 e. The molecule has 8 nitrogen and oxygen atoms in total. The van der Waals surface area contributed by atoms with Crippen LogP contribution in [-0.4, -0.2) is 52.8 Å². The summed E-state index contributed by atoms with van der Waals surface area (Å²) in [6, 6.07) is 8.47. The largest absolute Gasteiger partial charge is 0.313 e. The summed E-state index contributed by atoms with van der Waals surface area (Å²) in [5, 5.41) is 3.20. The summed E-state index contributed by atoms with van der Waals surface area (Å²) < 4.78 is 53.5. The van der Waals surface area contributed by atoms with Crippen LogP contribution in [0.1, 0.15) is 11.6 Å². The van der Waals surface area contributed by atoms with E-state index in [9.17, 15) is 16.8 Å². The average molecular weight is 433 g/mol. The van der Waals surface area contributed by atoms with Gasteiger partial charge in [0, 0.05) is 32.0 Å². The Labute approximate surface area is 165 Å². The van der Waals surface area contributed by atoms with Gasteiger partial charge in [0.2, 0.25) is 20.0 Å². The second kappa shape index (κ2) is 8.63. The van der Waals surface area contributed by atoms with Crippen molar-refractivity contribution in [2.45, 2.75) is 15.8 Å². The number of halogens is 1. The van der Waals surface area contributed by atoms with Crippen LogP contribution in [0.5, 0.6) is 0 Å². The first kappa shape index (κ1) is 21.7. The topological polar surface area (TPSA) is 108 Å². The van der Waals surface area contributed by atoms with Crippen LogP contribution in [0.4, 0.5) is 0 Å². The first-order chi connectivity index (χ1) is 12.4. The van der Waals surface area contributed by atoms with Gasteiger partial charge in [0.1, 0.15) is 0 Å². The Morgan fingerprint density at radius 3 is 2.37 bits per heavy atom. The number of benzene rings is 1. The summed E-state index contributed by atoms with van der Waals surface area (Å²) in [6.45, 7) is 1.35. The monoisotopic (exact) mass is 432 g/mol. The number of nitrogens with zero attached hydrogens (tertiary/aromatic N) is 2. The van der Waals surface area contributed by atoms with E-state index >= 15 is 0 Å². The van der Waals surface area contributed by atoms with Crippen LogP contribution >= 0.6 is 12.4 Å². The molecule has 2 heterocycles. The number of hydrogen-bond donors (Lipinski definition) is 2. The van der Waals surface area contributed by atoms with E-state index in [0.29, 0.717) is 19.6 Å². The molecule has 1 unspecified atom stereocenters. The van der Waals surface area contributed by atoms with Crippen LogP contribution in [0.3, 0.4) is 0 Å². The van der Waals surface area contributed by atoms with E-state index < -0.39 is 20.0 Å². The van der Waals surface area contributed by atoms with Gasteiger partial charge in [-0.15, -0.1) is 12.4 Å². The van der Waals surface area contributed by atoms with Crippen molar-refractivity contribution in [3.8, 4) is 0 Å². The lowest BCUT2D eigenvalue weighted by Crippen LogP contribution is -2.48. The van der Waals surface area contributed by atoms with Gasteiger partial charge in [-0.05, 0) is 42.9 Å². The zero-order chi connectivity index (χ0) is 18.8. The molecule has 1 fully saturated rings. The number of piperazine rings is 1. The zero-order valence-electron chi connectivity index (χ0n) is 14.6. The van der Waals surface area contributed by atoms with Crippen molar-refractivity contribution in [3.05, 3.63) is 54.4 Å². The Bertz CT molecular complexity index is 967. The molecule has 0 aliphatic carbocycles. The summed E-state index contributed by atoms with van der Waals surface area (Å²) in [5.41, 5.74) is 0.803. The summed E-state index contributed by atoms with van der Waals surface area (Å²) in [6.07, 6.45) is 3.29. The highest BCUT2D eigenvalue weighted by molar-refractivity contribution is 7.89. The number of nitrogens with one attached hydrogen (secondary N) is 2. The second-order valence-corrected chi connectivity index (χ2v) is 9.58. The molecule has 3 rings (SSSR count). The molecular weight excluding hydrogens is 412 g/mol. The third-order valence-electron chi connectivity index (χ3n) is 4.27. The van der Waals surface area contributed by atoms with E-state index in [2.05, 4.69) is 15.0 Å². The molecule has 1 aromatic heterocycles. The Balaban J connectivity index is 0.00000261. The number of hydrogen-bond acceptors (Lipinski definition) is 6. The predicted molar refractivity (Wildman–Crippen MR) is 104 cm³/mol. The Morgan fingerprint density at radius 1 is 1.11 bits per heavy atom. The molecule has 1 aliphatic rings. The third-order valence-corrected chi connectivity index (χ3v) is 7.63. The zero-order valence-corrected chi connectivity index (χ0v) is 17.0. The molecule has 1 atom stereocenters. The average Bonchev–Trinajstić information content (AvgIpc) is 2.69. The molecule has 0 amide bonds. The minimum atomic E-state index is -3.78. The molecule has 1 saturated heterocycles. The minimum absolute atomic E-state index is 0. The lowest BCUT2D eigenvalue weighted by atomic mass is 10.1. The van der Waals surface area contributed by atoms with Gasteiger partial charge in [0.15, 0.2) is 0 Å². The third kappa shape index (κ3) is 4.48. The van der Waals surface area contributed by atoms with Gasteiger partial charge in [-0.3, -0.25) is 4.98 Å². The molecule has 0 radical (unpaired) electrons. The van der Waals surface area contributed by atoms with Crippen LogP contribution in [0.2, 0.25) is 0 Å². The van der Waals surface area contributed by atoms with Crippen LogP contribution in [-0.2, 0) is 20.0 Å². The number of rotatable bonds is 5. The molecule has 0 saturated carbocycles. The molecule has 11 heteroatoms. The predicted octanol–water partition coefficient (Wildman–Crippen LogP) is 0.747. The van der Waals surface area contributed by atoms with Crippen molar-refractivity contribution in [1.82, 2.24) is 19.3 Å². The van der Waals surface area contributed by atoms with Gasteiger partial charge in [-0.1, -0.05) is 6.07 Å². The van der Waals surface area contributed by atoms with Gasteiger partial charge < -0.3 is 5.32 Å². The molecule has 1 aromatic carbocycles. The van der Waals surface area contributed by atoms with E-state index in [1.165, 1.54) is 35.6 Å². The van der Waals surface area contributed by atoms with Crippen LogP contribution in [0, 0.1) is 0 Å². The summed E-state index contributed by atoms with van der Waals surface area (Å²) in [7, 11) is -6.09. The van der Waals surface area contributed by atoms with Crippen LogP contribution < -0.4 is 10.0 Å². The highest BCUT2D eigenvalue weighted by Crippen LogP contribution is 2.28. The summed E-state index contributed by atoms with van der Waals surface area (Å²) in [5.74, 6) is 0. The van der Waals surface area contributed by atoms with E-state index in [1.54, 1.807) is 18.5 Å². The van der Waals surface area contributed by atoms with Crippen molar-refractivity contribution in [3.63, 3.8) is 0 Å².